The van der Waals surface area contributed by atoms with Gasteiger partial charge in [0.25, 0.3) is 0 Å². The van der Waals surface area contributed by atoms with E-state index in [4.69, 9.17) is 11.6 Å². The molecular formula is C29H21ClF3N3S. The first kappa shape index (κ1) is 25.1. The molecule has 0 saturated carbocycles. The first-order valence-corrected chi connectivity index (χ1v) is 12.7. The molecule has 0 fully saturated rings. The average molecular weight is 536 g/mol. The molecule has 5 aromatic rings. The summed E-state index contributed by atoms with van der Waals surface area (Å²) in [5, 5.41) is 13.2. The van der Waals surface area contributed by atoms with Crippen molar-refractivity contribution in [2.75, 3.05) is 0 Å². The number of nitrogens with one attached hydrogen (secondary N) is 1. The van der Waals surface area contributed by atoms with Crippen LogP contribution in [0.15, 0.2) is 91.1 Å². The molecule has 1 N–H and O–H groups in total. The third-order valence-electron chi connectivity index (χ3n) is 6.15. The fourth-order valence-corrected chi connectivity index (χ4v) is 5.46. The van der Waals surface area contributed by atoms with E-state index in [-0.39, 0.29) is 12.1 Å². The number of halogens is 4. The predicted molar refractivity (Wildman–Crippen MR) is 143 cm³/mol. The number of aromatic nitrogens is 1. The first-order valence-electron chi connectivity index (χ1n) is 11.5. The molecule has 3 aromatic carbocycles. The molecule has 3 nitrogen and oxygen atoms in total. The van der Waals surface area contributed by atoms with Gasteiger partial charge in [0.1, 0.15) is 6.04 Å². The number of hydrogen-bond acceptors (Lipinski definition) is 3. The quantitative estimate of drug-likeness (QED) is 0.227. The molecule has 186 valence electrons. The number of thiophene rings is 1. The standard InChI is InChI=1S/C29H21ClF3N3S/c30-22-9-6-19(7-10-22)17-36-18-25(24-12-8-20(15-34)14-26(24)36)28(29(31,32)33)35-16-23-11-13-27(37-23)21-4-2-1-3-5-21/h1-14,18,28,35H,16-17H2. The molecule has 0 radical (unpaired) electrons. The fraction of sp³-hybridized carbons (Fsp3) is 0.138. The molecule has 5 rings (SSSR count). The highest BCUT2D eigenvalue weighted by molar-refractivity contribution is 7.15. The van der Waals surface area contributed by atoms with E-state index in [1.807, 2.05) is 54.6 Å². The number of nitrogens with zero attached hydrogens (tertiary/aromatic N) is 2. The third kappa shape index (κ3) is 5.57. The van der Waals surface area contributed by atoms with Crippen LogP contribution in [0.1, 0.15) is 27.6 Å². The summed E-state index contributed by atoms with van der Waals surface area (Å²) in [5.74, 6) is 0. The van der Waals surface area contributed by atoms with Gasteiger partial charge in [-0.3, -0.25) is 5.32 Å². The van der Waals surface area contributed by atoms with E-state index in [9.17, 15) is 18.4 Å². The van der Waals surface area contributed by atoms with E-state index in [1.54, 1.807) is 34.9 Å². The molecule has 0 bridgehead atoms. The molecular weight excluding hydrogens is 515 g/mol. The van der Waals surface area contributed by atoms with Gasteiger partial charge < -0.3 is 4.57 Å². The van der Waals surface area contributed by atoms with E-state index in [2.05, 4.69) is 11.4 Å². The Labute approximate surface area is 221 Å². The second kappa shape index (κ2) is 10.4. The van der Waals surface area contributed by atoms with Gasteiger partial charge in [-0.2, -0.15) is 18.4 Å². The van der Waals surface area contributed by atoms with Crippen molar-refractivity contribution >= 4 is 33.8 Å². The topological polar surface area (TPSA) is 40.8 Å². The lowest BCUT2D eigenvalue weighted by Crippen LogP contribution is -2.33. The van der Waals surface area contributed by atoms with Gasteiger partial charge in [-0.1, -0.05) is 60.1 Å². The van der Waals surface area contributed by atoms with Gasteiger partial charge in [-0.05, 0) is 47.5 Å². The minimum atomic E-state index is -4.52. The zero-order valence-corrected chi connectivity index (χ0v) is 21.0. The maximum Gasteiger partial charge on any atom is 0.407 e. The zero-order chi connectivity index (χ0) is 26.0. The van der Waals surface area contributed by atoms with E-state index < -0.39 is 12.2 Å². The van der Waals surface area contributed by atoms with Crippen LogP contribution in [0, 0.1) is 11.3 Å². The molecule has 8 heteroatoms. The summed E-state index contributed by atoms with van der Waals surface area (Å²) >= 11 is 7.46. The molecule has 0 aliphatic heterocycles. The van der Waals surface area contributed by atoms with Crippen LogP contribution in [0.5, 0.6) is 0 Å². The molecule has 0 aliphatic rings. The maximum absolute atomic E-state index is 14.4. The number of nitriles is 1. The maximum atomic E-state index is 14.4. The largest absolute Gasteiger partial charge is 0.407 e. The van der Waals surface area contributed by atoms with Gasteiger partial charge in [0.15, 0.2) is 0 Å². The lowest BCUT2D eigenvalue weighted by Gasteiger charge is -2.21. The van der Waals surface area contributed by atoms with Crippen LogP contribution in [0.25, 0.3) is 21.3 Å². The highest BCUT2D eigenvalue weighted by atomic mass is 35.5. The van der Waals surface area contributed by atoms with Crippen LogP contribution in [0.3, 0.4) is 0 Å². The summed E-state index contributed by atoms with van der Waals surface area (Å²) in [6.07, 6.45) is -2.98. The molecule has 37 heavy (non-hydrogen) atoms. The van der Waals surface area contributed by atoms with Crippen molar-refractivity contribution < 1.29 is 13.2 Å². The molecule has 1 atom stereocenters. The Morgan fingerprint density at radius 1 is 0.973 bits per heavy atom. The Kier molecular flexibility index (Phi) is 7.07. The lowest BCUT2D eigenvalue weighted by molar-refractivity contribution is -0.157. The van der Waals surface area contributed by atoms with Gasteiger partial charge >= 0.3 is 6.18 Å². The van der Waals surface area contributed by atoms with Gasteiger partial charge in [0.2, 0.25) is 0 Å². The Morgan fingerprint density at radius 2 is 1.73 bits per heavy atom. The summed E-state index contributed by atoms with van der Waals surface area (Å²) in [6.45, 7) is 0.417. The summed E-state index contributed by atoms with van der Waals surface area (Å²) in [6, 6.07) is 25.7. The molecule has 2 aromatic heterocycles. The monoisotopic (exact) mass is 535 g/mol. The number of alkyl halides is 3. The number of rotatable bonds is 7. The third-order valence-corrected chi connectivity index (χ3v) is 7.53. The van der Waals surface area contributed by atoms with Crippen molar-refractivity contribution in [1.82, 2.24) is 9.88 Å². The van der Waals surface area contributed by atoms with E-state index in [0.717, 1.165) is 20.9 Å². The summed E-state index contributed by atoms with van der Waals surface area (Å²) < 4.78 is 44.9. The predicted octanol–water partition coefficient (Wildman–Crippen LogP) is 8.34. The Balaban J connectivity index is 1.48. The second-order valence-corrected chi connectivity index (χ2v) is 10.3. The fourth-order valence-electron chi connectivity index (χ4n) is 4.37. The van der Waals surface area contributed by atoms with Gasteiger partial charge in [0.05, 0.1) is 11.6 Å². The Bertz CT molecular complexity index is 1560. The second-order valence-electron chi connectivity index (χ2n) is 8.67. The van der Waals surface area contributed by atoms with Gasteiger partial charge in [-0.15, -0.1) is 11.3 Å². The SMILES string of the molecule is N#Cc1ccc2c(C(NCc3ccc(-c4ccccc4)s3)C(F)(F)F)cn(Cc3ccc(Cl)cc3)c2c1. The molecule has 0 spiro atoms. The van der Waals surface area contributed by atoms with Gasteiger partial charge in [-0.25, -0.2) is 0 Å². The van der Waals surface area contributed by atoms with Crippen LogP contribution >= 0.6 is 22.9 Å². The van der Waals surface area contributed by atoms with Crippen molar-refractivity contribution in [2.45, 2.75) is 25.3 Å². The van der Waals surface area contributed by atoms with Crippen molar-refractivity contribution in [3.05, 3.63) is 118 Å². The highest BCUT2D eigenvalue weighted by Gasteiger charge is 2.42. The lowest BCUT2D eigenvalue weighted by atomic mass is 10.0. The minimum Gasteiger partial charge on any atom is -0.343 e. The smallest absolute Gasteiger partial charge is 0.343 e. The molecule has 0 amide bonds. The summed E-state index contributed by atoms with van der Waals surface area (Å²) in [7, 11) is 0. The van der Waals surface area contributed by atoms with Gasteiger partial charge in [0, 0.05) is 50.5 Å². The molecule has 0 saturated heterocycles. The van der Waals surface area contributed by atoms with Crippen molar-refractivity contribution in [3.8, 4) is 16.5 Å². The zero-order valence-electron chi connectivity index (χ0n) is 19.5. The number of hydrogen-bond donors (Lipinski definition) is 1. The Hall–Kier alpha value is -3.57. The summed E-state index contributed by atoms with van der Waals surface area (Å²) in [5.41, 5.74) is 3.00. The summed E-state index contributed by atoms with van der Waals surface area (Å²) in [4.78, 5) is 1.81. The van der Waals surface area contributed by atoms with E-state index >= 15 is 0 Å². The van der Waals surface area contributed by atoms with Crippen LogP contribution < -0.4 is 5.32 Å². The van der Waals surface area contributed by atoms with E-state index in [1.165, 1.54) is 17.5 Å². The average Bonchev–Trinajstić information content (AvgIpc) is 3.50. The minimum absolute atomic E-state index is 0.0712. The van der Waals surface area contributed by atoms with Crippen LogP contribution in [0.4, 0.5) is 13.2 Å². The van der Waals surface area contributed by atoms with E-state index in [0.29, 0.717) is 28.0 Å². The van der Waals surface area contributed by atoms with Crippen LogP contribution in [-0.2, 0) is 13.1 Å². The molecule has 0 aliphatic carbocycles. The number of fused-ring (bicyclic) bond motifs is 1. The molecule has 1 unspecified atom stereocenters. The van der Waals surface area contributed by atoms with Crippen molar-refractivity contribution in [2.24, 2.45) is 0 Å². The highest BCUT2D eigenvalue weighted by Crippen LogP contribution is 2.38. The number of benzene rings is 3. The van der Waals surface area contributed by atoms with Crippen LogP contribution in [-0.4, -0.2) is 10.7 Å². The van der Waals surface area contributed by atoms with Crippen LogP contribution in [0.2, 0.25) is 5.02 Å². The molecule has 2 heterocycles. The normalized spacial score (nSPS) is 12.5. The van der Waals surface area contributed by atoms with Crippen molar-refractivity contribution in [1.29, 1.82) is 5.26 Å². The van der Waals surface area contributed by atoms with Crippen molar-refractivity contribution in [3.63, 3.8) is 0 Å². The first-order chi connectivity index (χ1) is 17.8. The Morgan fingerprint density at radius 3 is 2.43 bits per heavy atom.